The van der Waals surface area contributed by atoms with Crippen LogP contribution in [0.2, 0.25) is 0 Å². The van der Waals surface area contributed by atoms with Crippen molar-refractivity contribution in [1.29, 1.82) is 0 Å². The predicted molar refractivity (Wildman–Crippen MR) is 547 cm³/mol. The first kappa shape index (κ1) is 76.3. The minimum Gasteiger partial charge on any atom is -0.310 e. The largest absolute Gasteiger partial charge is 0.310 e. The number of nitrogens with zero attached hydrogens (tertiary/aromatic N) is 4. The molecule has 3 aromatic heterocycles. The molecule has 3 aliphatic rings. The fraction of sp³-hybridized carbons (Fsp3) is 0.0400. The van der Waals surface area contributed by atoms with Gasteiger partial charge in [0.15, 0.2) is 0 Å². The second kappa shape index (κ2) is 30.6. The lowest BCUT2D eigenvalue weighted by molar-refractivity contribution is 0.660. The fourth-order valence-corrected chi connectivity index (χ4v) is 23.5. The first-order valence-corrected chi connectivity index (χ1v) is 45.9. The van der Waals surface area contributed by atoms with Crippen molar-refractivity contribution >= 4 is 109 Å². The number of anilines is 6. The summed E-state index contributed by atoms with van der Waals surface area (Å²) in [7, 11) is 0. The van der Waals surface area contributed by atoms with E-state index in [0.29, 0.717) is 0 Å². The number of thiophene rings is 1. The quantitative estimate of drug-likeness (QED) is 0.108. The summed E-state index contributed by atoms with van der Waals surface area (Å²) >= 11 is 1.86. The Balaban J connectivity index is 0.000000140. The van der Waals surface area contributed by atoms with Crippen molar-refractivity contribution in [1.82, 2.24) is 9.13 Å². The molecule has 2 atom stereocenters. The number of benzene rings is 20. The van der Waals surface area contributed by atoms with E-state index < -0.39 is 10.8 Å². The average molecular weight is 1680 g/mol. The van der Waals surface area contributed by atoms with Crippen LogP contribution in [0.15, 0.2) is 485 Å². The van der Waals surface area contributed by atoms with Crippen LogP contribution >= 0.6 is 11.3 Å². The molecule has 0 radical (unpaired) electrons. The van der Waals surface area contributed by atoms with Crippen LogP contribution in [0.3, 0.4) is 0 Å². The Bertz CT molecular complexity index is 8360. The molecular formula is C125H86N4S. The van der Waals surface area contributed by atoms with Crippen molar-refractivity contribution in [2.45, 2.75) is 30.1 Å². The van der Waals surface area contributed by atoms with E-state index in [-0.39, 0.29) is 5.41 Å². The maximum Gasteiger partial charge on any atom is 0.0714 e. The minimum absolute atomic E-state index is 0.144. The van der Waals surface area contributed by atoms with E-state index in [0.717, 1.165) is 45.5 Å². The second-order valence-corrected chi connectivity index (χ2v) is 36.4. The Kier molecular flexibility index (Phi) is 17.9. The lowest BCUT2D eigenvalue weighted by Gasteiger charge is -2.35. The fourth-order valence-electron chi connectivity index (χ4n) is 22.3. The Morgan fingerprint density at radius 2 is 0.508 bits per heavy atom. The zero-order valence-electron chi connectivity index (χ0n) is 71.9. The lowest BCUT2D eigenvalue weighted by atomic mass is 9.67. The van der Waals surface area contributed by atoms with Gasteiger partial charge in [-0.25, -0.2) is 0 Å². The van der Waals surface area contributed by atoms with Crippen molar-refractivity contribution in [3.05, 3.63) is 541 Å². The Morgan fingerprint density at radius 1 is 0.192 bits per heavy atom. The molecule has 23 aromatic rings. The molecule has 3 heterocycles. The van der Waals surface area contributed by atoms with Gasteiger partial charge in [-0.15, -0.1) is 11.3 Å². The first-order chi connectivity index (χ1) is 64.2. The second-order valence-electron chi connectivity index (χ2n) is 35.3. The summed E-state index contributed by atoms with van der Waals surface area (Å²) < 4.78 is 7.41. The third kappa shape index (κ3) is 11.9. The minimum atomic E-state index is -0.613. The molecule has 2 unspecified atom stereocenters. The SMILES string of the molecule is CC1(C)c2ccccc2-c2ccc(N(c3ccc(-c4ccccc4)cc3)c3ccc4c(c3)C(c3ccccc3)(c3ccc5c(c3)c3ccccc3n5-c3ccccc3)c3ccccc3-4)cc21.c1ccc(-c2ccc(N(c3ccc4c(c3)C(c3ccccc3)(c3ccc5c(c3)c3ccccc3n5-c3ccccc3)c3ccccc3-4)c3ccc4c(c3)sc3ccccc34)cc2)cc1. The van der Waals surface area contributed by atoms with E-state index in [2.05, 4.69) is 518 Å². The number of rotatable bonds is 14. The molecule has 0 N–H and O–H groups in total. The van der Waals surface area contributed by atoms with E-state index in [4.69, 9.17) is 0 Å². The number of para-hydroxylation sites is 4. The van der Waals surface area contributed by atoms with Crippen LogP contribution in [0.5, 0.6) is 0 Å². The summed E-state index contributed by atoms with van der Waals surface area (Å²) in [6.45, 7) is 4.74. The molecule has 0 amide bonds. The van der Waals surface area contributed by atoms with Gasteiger partial charge < -0.3 is 18.9 Å². The molecule has 20 aromatic carbocycles. The Hall–Kier alpha value is -16.2. The van der Waals surface area contributed by atoms with E-state index in [9.17, 15) is 0 Å². The van der Waals surface area contributed by atoms with E-state index in [1.165, 1.54) is 175 Å². The van der Waals surface area contributed by atoms with Crippen molar-refractivity contribution in [3.63, 3.8) is 0 Å². The van der Waals surface area contributed by atoms with Crippen molar-refractivity contribution < 1.29 is 0 Å². The van der Waals surface area contributed by atoms with Crippen LogP contribution in [0, 0.1) is 0 Å². The van der Waals surface area contributed by atoms with Gasteiger partial charge in [-0.1, -0.05) is 360 Å². The van der Waals surface area contributed by atoms with Crippen LogP contribution in [-0.2, 0) is 16.2 Å². The topological polar surface area (TPSA) is 16.3 Å². The number of aromatic nitrogens is 2. The maximum atomic E-state index is 2.50. The molecule has 3 aliphatic carbocycles. The van der Waals surface area contributed by atoms with E-state index in [1.54, 1.807) is 0 Å². The third-order valence-corrected chi connectivity index (χ3v) is 29.3. The molecular weight excluding hydrogens is 1590 g/mol. The number of hydrogen-bond acceptors (Lipinski definition) is 3. The maximum absolute atomic E-state index is 2.50. The summed E-state index contributed by atoms with van der Waals surface area (Å²) in [5.74, 6) is 0. The number of fused-ring (bicyclic) bond motifs is 18. The highest BCUT2D eigenvalue weighted by atomic mass is 32.1. The Labute approximate surface area is 760 Å². The molecule has 0 fully saturated rings. The molecule has 0 aliphatic heterocycles. The van der Waals surface area contributed by atoms with Crippen LogP contribution in [0.1, 0.15) is 69.5 Å². The average Bonchev–Trinajstić information content (AvgIpc) is 1.53. The van der Waals surface area contributed by atoms with Gasteiger partial charge >= 0.3 is 0 Å². The zero-order chi connectivity index (χ0) is 86.2. The molecule has 0 bridgehead atoms. The molecule has 4 nitrogen and oxygen atoms in total. The number of hydrogen-bond donors (Lipinski definition) is 0. The van der Waals surface area contributed by atoms with Crippen LogP contribution in [0.4, 0.5) is 34.1 Å². The summed E-state index contributed by atoms with van der Waals surface area (Å²) in [6, 6.07) is 180. The first-order valence-electron chi connectivity index (χ1n) is 45.1. The molecule has 0 saturated carbocycles. The summed E-state index contributed by atoms with van der Waals surface area (Å²) in [5, 5.41) is 7.57. The molecule has 5 heteroatoms. The summed E-state index contributed by atoms with van der Waals surface area (Å²) in [5.41, 5.74) is 37.8. The molecule has 0 saturated heterocycles. The highest BCUT2D eigenvalue weighted by Gasteiger charge is 2.49. The Morgan fingerprint density at radius 3 is 0.969 bits per heavy atom. The monoisotopic (exact) mass is 1670 g/mol. The van der Waals surface area contributed by atoms with Crippen molar-refractivity contribution in [2.75, 3.05) is 9.80 Å². The molecule has 0 spiro atoms. The normalized spacial score (nSPS) is 14.8. The van der Waals surface area contributed by atoms with Gasteiger partial charge in [0.25, 0.3) is 0 Å². The molecule has 130 heavy (non-hydrogen) atoms. The smallest absolute Gasteiger partial charge is 0.0714 e. The van der Waals surface area contributed by atoms with Gasteiger partial charge in [-0.05, 0) is 251 Å². The molecule has 26 rings (SSSR count). The summed E-state index contributed by atoms with van der Waals surface area (Å²) in [6.07, 6.45) is 0. The third-order valence-electron chi connectivity index (χ3n) is 28.1. The van der Waals surface area contributed by atoms with Crippen molar-refractivity contribution in [3.8, 4) is 67.0 Å². The van der Waals surface area contributed by atoms with E-state index in [1.807, 2.05) is 11.3 Å². The highest BCUT2D eigenvalue weighted by molar-refractivity contribution is 7.25. The van der Waals surface area contributed by atoms with Crippen molar-refractivity contribution in [2.24, 2.45) is 0 Å². The van der Waals surface area contributed by atoms with Gasteiger partial charge in [-0.2, -0.15) is 0 Å². The van der Waals surface area contributed by atoms with Crippen LogP contribution in [-0.4, -0.2) is 9.13 Å². The van der Waals surface area contributed by atoms with Gasteiger partial charge in [-0.3, -0.25) is 0 Å². The van der Waals surface area contributed by atoms with Gasteiger partial charge in [0.05, 0.1) is 32.9 Å². The lowest BCUT2D eigenvalue weighted by Crippen LogP contribution is -2.28. The summed E-state index contributed by atoms with van der Waals surface area (Å²) in [4.78, 5) is 4.93. The van der Waals surface area contributed by atoms with Gasteiger partial charge in [0.1, 0.15) is 0 Å². The predicted octanol–water partition coefficient (Wildman–Crippen LogP) is 33.2. The van der Waals surface area contributed by atoms with Crippen LogP contribution in [0.25, 0.3) is 131 Å². The highest BCUT2D eigenvalue weighted by Crippen LogP contribution is 2.61. The van der Waals surface area contributed by atoms with E-state index >= 15 is 0 Å². The van der Waals surface area contributed by atoms with Crippen LogP contribution < -0.4 is 9.80 Å². The van der Waals surface area contributed by atoms with Gasteiger partial charge in [0, 0.05) is 92.6 Å². The molecule has 612 valence electrons. The standard InChI is InChI=1S/C64H46N2.C61H40N2S/c1-63(2)57-27-15-12-24-51(57)53-37-35-49(41-59(53)63)65(48-33-30-44(31-34-48)43-18-6-3-7-19-43)50-36-38-54-52-25-13-16-28-58(52)64(60(54)42-50,45-20-8-4-9-21-45)46-32-39-62-56(40-46)55-26-14-17-29-61(55)66(62)47-22-10-5-11-23-47;1-4-16-41(17-5-1)42-28-31-46(32-29-42)62(48-34-36-53-52-24-12-15-27-59(52)64-60(53)40-48)47-33-35-50-49-22-10-13-25-55(49)61(56(50)39-47,43-18-6-2-7-19-43)44-30-37-58-54(38-44)51-23-11-14-26-57(51)63(58)45-20-8-3-9-21-45/h3-42H,1-2H3;1-40H. The zero-order valence-corrected chi connectivity index (χ0v) is 72.7. The van der Waals surface area contributed by atoms with Gasteiger partial charge in [0.2, 0.25) is 0 Å².